The molecule has 0 amide bonds. The Morgan fingerprint density at radius 3 is 3.06 bits per heavy atom. The first-order chi connectivity index (χ1) is 8.85. The predicted octanol–water partition coefficient (Wildman–Crippen LogP) is 2.83. The highest BCUT2D eigenvalue weighted by molar-refractivity contribution is 9.09. The van der Waals surface area contributed by atoms with Crippen LogP contribution in [0.2, 0.25) is 0 Å². The molecule has 5 heteroatoms. The van der Waals surface area contributed by atoms with Crippen LogP contribution in [0.1, 0.15) is 44.9 Å². The van der Waals surface area contributed by atoms with Crippen LogP contribution >= 0.6 is 15.9 Å². The molecule has 1 aromatic rings. The summed E-state index contributed by atoms with van der Waals surface area (Å²) in [6.45, 7) is 5.28. The molecule has 0 bridgehead atoms. The minimum atomic E-state index is 0.652. The largest absolute Gasteiger partial charge is 0.292 e. The summed E-state index contributed by atoms with van der Waals surface area (Å²) < 4.78 is 2.05. The van der Waals surface area contributed by atoms with Crippen LogP contribution in [0.4, 0.5) is 0 Å². The fourth-order valence-corrected chi connectivity index (χ4v) is 3.34. The molecule has 102 valence electrons. The van der Waals surface area contributed by atoms with E-state index in [0.29, 0.717) is 6.04 Å². The number of rotatable bonds is 5. The van der Waals surface area contributed by atoms with Crippen molar-refractivity contribution in [1.82, 2.24) is 19.7 Å². The van der Waals surface area contributed by atoms with Crippen molar-refractivity contribution in [2.75, 3.05) is 11.9 Å². The molecular formula is C13H23BrN4. The Hall–Kier alpha value is -0.420. The van der Waals surface area contributed by atoms with Crippen LogP contribution in [0, 0.1) is 0 Å². The number of aromatic nitrogens is 3. The van der Waals surface area contributed by atoms with Gasteiger partial charge in [0, 0.05) is 17.9 Å². The van der Waals surface area contributed by atoms with Crippen LogP contribution in [-0.4, -0.2) is 37.6 Å². The summed E-state index contributed by atoms with van der Waals surface area (Å²) in [7, 11) is 0. The first kappa shape index (κ1) is 14.0. The Morgan fingerprint density at radius 1 is 1.39 bits per heavy atom. The number of hydrogen-bond donors (Lipinski definition) is 0. The van der Waals surface area contributed by atoms with Gasteiger partial charge in [-0.2, -0.15) is 5.10 Å². The van der Waals surface area contributed by atoms with Gasteiger partial charge in [0.15, 0.2) is 0 Å². The van der Waals surface area contributed by atoms with Crippen molar-refractivity contribution in [3.8, 4) is 0 Å². The molecule has 0 aliphatic carbocycles. The van der Waals surface area contributed by atoms with Gasteiger partial charge in [-0.15, -0.1) is 0 Å². The summed E-state index contributed by atoms with van der Waals surface area (Å²) >= 11 is 3.65. The normalized spacial score (nSPS) is 22.0. The zero-order valence-corrected chi connectivity index (χ0v) is 12.8. The molecule has 1 unspecified atom stereocenters. The minimum Gasteiger partial charge on any atom is -0.292 e. The summed E-state index contributed by atoms with van der Waals surface area (Å²) in [6, 6.07) is 0.652. The standard InChI is InChI=1S/C13H23BrN4/c1-2-7-18-13(15-11-16-18)10-17-8-5-3-4-6-12(17)9-14/h11-12H,2-10H2,1H3. The van der Waals surface area contributed by atoms with Crippen LogP contribution in [0.3, 0.4) is 0 Å². The van der Waals surface area contributed by atoms with Gasteiger partial charge in [0.05, 0.1) is 6.54 Å². The molecule has 0 spiro atoms. The van der Waals surface area contributed by atoms with E-state index in [0.717, 1.165) is 30.7 Å². The van der Waals surface area contributed by atoms with E-state index >= 15 is 0 Å². The number of likely N-dealkylation sites (tertiary alicyclic amines) is 1. The van der Waals surface area contributed by atoms with Gasteiger partial charge in [-0.1, -0.05) is 35.7 Å². The Balaban J connectivity index is 2.03. The molecule has 1 aliphatic rings. The number of aryl methyl sites for hydroxylation is 1. The molecule has 0 radical (unpaired) electrons. The summed E-state index contributed by atoms with van der Waals surface area (Å²) in [5, 5.41) is 5.38. The summed E-state index contributed by atoms with van der Waals surface area (Å²) in [5.41, 5.74) is 0. The highest BCUT2D eigenvalue weighted by Gasteiger charge is 2.21. The maximum absolute atomic E-state index is 4.42. The van der Waals surface area contributed by atoms with Gasteiger partial charge < -0.3 is 0 Å². The number of halogens is 1. The molecule has 0 saturated carbocycles. The lowest BCUT2D eigenvalue weighted by Crippen LogP contribution is -2.36. The van der Waals surface area contributed by atoms with E-state index in [1.54, 1.807) is 6.33 Å². The molecule has 2 heterocycles. The Kier molecular flexibility index (Phi) is 5.63. The molecule has 0 aromatic carbocycles. The van der Waals surface area contributed by atoms with E-state index < -0.39 is 0 Å². The molecule has 1 fully saturated rings. The van der Waals surface area contributed by atoms with E-state index in [4.69, 9.17) is 0 Å². The van der Waals surface area contributed by atoms with Crippen molar-refractivity contribution in [1.29, 1.82) is 0 Å². The van der Waals surface area contributed by atoms with Crippen LogP contribution < -0.4 is 0 Å². The Morgan fingerprint density at radius 2 is 2.28 bits per heavy atom. The molecular weight excluding hydrogens is 292 g/mol. The second-order valence-electron chi connectivity index (χ2n) is 5.03. The molecule has 1 aliphatic heterocycles. The topological polar surface area (TPSA) is 34.0 Å². The van der Waals surface area contributed by atoms with Gasteiger partial charge in [0.2, 0.25) is 0 Å². The molecule has 1 atom stereocenters. The summed E-state index contributed by atoms with van der Waals surface area (Å²) in [6.07, 6.45) is 8.12. The Bertz CT molecular complexity index is 353. The second kappa shape index (κ2) is 7.24. The average Bonchev–Trinajstić information content (AvgIpc) is 2.68. The monoisotopic (exact) mass is 314 g/mol. The second-order valence-corrected chi connectivity index (χ2v) is 5.67. The zero-order chi connectivity index (χ0) is 12.8. The zero-order valence-electron chi connectivity index (χ0n) is 11.2. The molecule has 1 saturated heterocycles. The number of nitrogens with zero attached hydrogens (tertiary/aromatic N) is 4. The molecule has 18 heavy (non-hydrogen) atoms. The summed E-state index contributed by atoms with van der Waals surface area (Å²) in [4.78, 5) is 6.99. The van der Waals surface area contributed by atoms with E-state index in [-0.39, 0.29) is 0 Å². The van der Waals surface area contributed by atoms with Gasteiger partial charge in [0.1, 0.15) is 12.2 Å². The first-order valence-electron chi connectivity index (χ1n) is 7.01. The van der Waals surface area contributed by atoms with Crippen molar-refractivity contribution >= 4 is 15.9 Å². The van der Waals surface area contributed by atoms with Crippen LogP contribution in [-0.2, 0) is 13.1 Å². The Labute approximate surface area is 118 Å². The van der Waals surface area contributed by atoms with Crippen LogP contribution in [0.15, 0.2) is 6.33 Å². The third kappa shape index (κ3) is 3.54. The minimum absolute atomic E-state index is 0.652. The van der Waals surface area contributed by atoms with Crippen molar-refractivity contribution in [2.24, 2.45) is 0 Å². The lowest BCUT2D eigenvalue weighted by atomic mass is 10.1. The van der Waals surface area contributed by atoms with Gasteiger partial charge in [-0.05, 0) is 25.8 Å². The molecule has 1 aromatic heterocycles. The van der Waals surface area contributed by atoms with Crippen molar-refractivity contribution < 1.29 is 0 Å². The smallest absolute Gasteiger partial charge is 0.141 e. The van der Waals surface area contributed by atoms with E-state index in [1.165, 1.54) is 32.2 Å². The molecule has 2 rings (SSSR count). The van der Waals surface area contributed by atoms with Crippen LogP contribution in [0.25, 0.3) is 0 Å². The van der Waals surface area contributed by atoms with Crippen molar-refractivity contribution in [3.05, 3.63) is 12.2 Å². The molecule has 0 N–H and O–H groups in total. The number of hydrogen-bond acceptors (Lipinski definition) is 3. The van der Waals surface area contributed by atoms with Crippen molar-refractivity contribution in [2.45, 2.75) is 58.2 Å². The fraction of sp³-hybridized carbons (Fsp3) is 0.846. The predicted molar refractivity (Wildman–Crippen MR) is 76.8 cm³/mol. The third-order valence-electron chi connectivity index (χ3n) is 3.65. The quantitative estimate of drug-likeness (QED) is 0.784. The van der Waals surface area contributed by atoms with Gasteiger partial charge in [-0.3, -0.25) is 4.90 Å². The maximum atomic E-state index is 4.42. The lowest BCUT2D eigenvalue weighted by molar-refractivity contribution is 0.200. The highest BCUT2D eigenvalue weighted by atomic mass is 79.9. The fourth-order valence-electron chi connectivity index (χ4n) is 2.61. The lowest BCUT2D eigenvalue weighted by Gasteiger charge is -2.28. The van der Waals surface area contributed by atoms with E-state index in [9.17, 15) is 0 Å². The van der Waals surface area contributed by atoms with Gasteiger partial charge >= 0.3 is 0 Å². The van der Waals surface area contributed by atoms with E-state index in [1.807, 2.05) is 0 Å². The number of alkyl halides is 1. The van der Waals surface area contributed by atoms with Crippen LogP contribution in [0.5, 0.6) is 0 Å². The average molecular weight is 315 g/mol. The van der Waals surface area contributed by atoms with Gasteiger partial charge in [-0.25, -0.2) is 9.67 Å². The van der Waals surface area contributed by atoms with Gasteiger partial charge in [0.25, 0.3) is 0 Å². The maximum Gasteiger partial charge on any atom is 0.141 e. The molecule has 4 nitrogen and oxygen atoms in total. The van der Waals surface area contributed by atoms with E-state index in [2.05, 4.69) is 42.5 Å². The first-order valence-corrected chi connectivity index (χ1v) is 8.14. The highest BCUT2D eigenvalue weighted by Crippen LogP contribution is 2.20. The SMILES string of the molecule is CCCn1ncnc1CN1CCCCCC1CBr. The third-order valence-corrected chi connectivity index (χ3v) is 4.40. The van der Waals surface area contributed by atoms with Crippen molar-refractivity contribution in [3.63, 3.8) is 0 Å². The summed E-state index contributed by atoms with van der Waals surface area (Å²) in [5.74, 6) is 1.12.